The molecule has 0 saturated heterocycles. The third-order valence-corrected chi connectivity index (χ3v) is 4.25. The summed E-state index contributed by atoms with van der Waals surface area (Å²) in [4.78, 5) is 0. The van der Waals surface area contributed by atoms with Crippen molar-refractivity contribution >= 4 is 11.8 Å². The molecule has 0 amide bonds. The SMILES string of the molecule is CCC(C)SCC(N)c1ccccc1C(F)(F)F. The monoisotopic (exact) mass is 277 g/mol. The van der Waals surface area contributed by atoms with Crippen molar-refractivity contribution in [3.05, 3.63) is 35.4 Å². The van der Waals surface area contributed by atoms with Crippen LogP contribution in [0.1, 0.15) is 37.4 Å². The van der Waals surface area contributed by atoms with Crippen LogP contribution in [0.4, 0.5) is 13.2 Å². The maximum atomic E-state index is 12.8. The minimum absolute atomic E-state index is 0.181. The predicted octanol–water partition coefficient (Wildman–Crippen LogP) is 4.24. The Morgan fingerprint density at radius 1 is 1.28 bits per heavy atom. The summed E-state index contributed by atoms with van der Waals surface area (Å²) in [5, 5.41) is 0.411. The van der Waals surface area contributed by atoms with Crippen LogP contribution < -0.4 is 5.73 Å². The largest absolute Gasteiger partial charge is 0.416 e. The van der Waals surface area contributed by atoms with Gasteiger partial charge in [-0.1, -0.05) is 32.0 Å². The van der Waals surface area contributed by atoms with E-state index in [0.29, 0.717) is 11.0 Å². The molecule has 1 aromatic carbocycles. The van der Waals surface area contributed by atoms with Crippen molar-refractivity contribution in [1.82, 2.24) is 0 Å². The van der Waals surface area contributed by atoms with Crippen molar-refractivity contribution in [1.29, 1.82) is 0 Å². The molecule has 1 rings (SSSR count). The number of halogens is 3. The smallest absolute Gasteiger partial charge is 0.323 e. The number of thioether (sulfide) groups is 1. The first-order chi connectivity index (χ1) is 8.36. The van der Waals surface area contributed by atoms with Gasteiger partial charge in [0.25, 0.3) is 0 Å². The van der Waals surface area contributed by atoms with Crippen LogP contribution >= 0.6 is 11.8 Å². The molecule has 0 saturated carbocycles. The number of nitrogens with two attached hydrogens (primary N) is 1. The summed E-state index contributed by atoms with van der Waals surface area (Å²) in [6.45, 7) is 4.10. The van der Waals surface area contributed by atoms with Crippen molar-refractivity contribution < 1.29 is 13.2 Å². The zero-order chi connectivity index (χ0) is 13.8. The van der Waals surface area contributed by atoms with Crippen LogP contribution in [0.15, 0.2) is 24.3 Å². The van der Waals surface area contributed by atoms with E-state index in [2.05, 4.69) is 0 Å². The fraction of sp³-hybridized carbons (Fsp3) is 0.538. The second kappa shape index (κ2) is 6.48. The van der Waals surface area contributed by atoms with Gasteiger partial charge in [-0.25, -0.2) is 0 Å². The molecule has 2 atom stereocenters. The average Bonchev–Trinajstić information content (AvgIpc) is 2.34. The number of benzene rings is 1. The lowest BCUT2D eigenvalue weighted by atomic mass is 10.0. The first-order valence-corrected chi connectivity index (χ1v) is 6.94. The van der Waals surface area contributed by atoms with Gasteiger partial charge in [-0.3, -0.25) is 0 Å². The van der Waals surface area contributed by atoms with Crippen molar-refractivity contribution in [3.8, 4) is 0 Å². The number of hydrogen-bond donors (Lipinski definition) is 1. The summed E-state index contributed by atoms with van der Waals surface area (Å²) in [6, 6.07) is 4.95. The van der Waals surface area contributed by atoms with E-state index < -0.39 is 17.8 Å². The lowest BCUT2D eigenvalue weighted by Crippen LogP contribution is -2.20. The molecule has 0 fully saturated rings. The summed E-state index contributed by atoms with van der Waals surface area (Å²) in [6.07, 6.45) is -3.35. The maximum absolute atomic E-state index is 12.8. The van der Waals surface area contributed by atoms with Gasteiger partial charge in [0.05, 0.1) is 5.56 Å². The van der Waals surface area contributed by atoms with Gasteiger partial charge >= 0.3 is 6.18 Å². The number of rotatable bonds is 5. The molecule has 102 valence electrons. The topological polar surface area (TPSA) is 26.0 Å². The molecule has 5 heteroatoms. The minimum atomic E-state index is -4.34. The highest BCUT2D eigenvalue weighted by atomic mass is 32.2. The third-order valence-electron chi connectivity index (χ3n) is 2.80. The quantitative estimate of drug-likeness (QED) is 0.871. The molecule has 2 N–H and O–H groups in total. The van der Waals surface area contributed by atoms with E-state index in [4.69, 9.17) is 5.73 Å². The fourth-order valence-corrected chi connectivity index (χ4v) is 2.51. The molecule has 0 aliphatic carbocycles. The van der Waals surface area contributed by atoms with Crippen LogP contribution in [-0.4, -0.2) is 11.0 Å². The maximum Gasteiger partial charge on any atom is 0.416 e. The molecular weight excluding hydrogens is 259 g/mol. The molecule has 0 aliphatic heterocycles. The van der Waals surface area contributed by atoms with Crippen LogP contribution in [0.25, 0.3) is 0 Å². The van der Waals surface area contributed by atoms with Gasteiger partial charge < -0.3 is 5.73 Å². The Morgan fingerprint density at radius 2 is 1.89 bits per heavy atom. The highest BCUT2D eigenvalue weighted by Crippen LogP contribution is 2.35. The number of hydrogen-bond acceptors (Lipinski definition) is 2. The molecule has 0 radical (unpaired) electrons. The van der Waals surface area contributed by atoms with E-state index in [1.165, 1.54) is 12.1 Å². The zero-order valence-corrected chi connectivity index (χ0v) is 11.3. The van der Waals surface area contributed by atoms with Crippen LogP contribution in [0.5, 0.6) is 0 Å². The van der Waals surface area contributed by atoms with Gasteiger partial charge in [-0.2, -0.15) is 24.9 Å². The lowest BCUT2D eigenvalue weighted by Gasteiger charge is -2.19. The molecule has 0 aliphatic rings. The van der Waals surface area contributed by atoms with E-state index in [1.54, 1.807) is 17.8 Å². The van der Waals surface area contributed by atoms with Crippen LogP contribution in [0.3, 0.4) is 0 Å². The van der Waals surface area contributed by atoms with Crippen molar-refractivity contribution in [3.63, 3.8) is 0 Å². The third kappa shape index (κ3) is 4.21. The van der Waals surface area contributed by atoms with Gasteiger partial charge in [0.1, 0.15) is 0 Å². The highest BCUT2D eigenvalue weighted by Gasteiger charge is 2.34. The molecule has 0 bridgehead atoms. The normalized spacial score (nSPS) is 15.4. The highest BCUT2D eigenvalue weighted by molar-refractivity contribution is 7.99. The Morgan fingerprint density at radius 3 is 2.44 bits per heavy atom. The second-order valence-corrected chi connectivity index (χ2v) is 5.72. The fourth-order valence-electron chi connectivity index (χ4n) is 1.55. The van der Waals surface area contributed by atoms with E-state index >= 15 is 0 Å². The summed E-state index contributed by atoms with van der Waals surface area (Å²) >= 11 is 1.61. The molecule has 0 heterocycles. The van der Waals surface area contributed by atoms with Crippen LogP contribution in [0.2, 0.25) is 0 Å². The Labute approximate surface area is 110 Å². The van der Waals surface area contributed by atoms with E-state index in [9.17, 15) is 13.2 Å². The summed E-state index contributed by atoms with van der Waals surface area (Å²) < 4.78 is 38.4. The molecule has 0 spiro atoms. The summed E-state index contributed by atoms with van der Waals surface area (Å²) in [5.74, 6) is 0.502. The van der Waals surface area contributed by atoms with Gasteiger partial charge in [0, 0.05) is 17.0 Å². The van der Waals surface area contributed by atoms with Gasteiger partial charge in [-0.05, 0) is 18.1 Å². The van der Waals surface area contributed by atoms with Crippen molar-refractivity contribution in [2.24, 2.45) is 5.73 Å². The molecule has 1 nitrogen and oxygen atoms in total. The van der Waals surface area contributed by atoms with Gasteiger partial charge in [0.2, 0.25) is 0 Å². The Bertz CT molecular complexity index is 379. The molecular formula is C13H18F3NS. The van der Waals surface area contributed by atoms with Crippen LogP contribution in [-0.2, 0) is 6.18 Å². The van der Waals surface area contributed by atoms with Crippen LogP contribution in [0, 0.1) is 0 Å². The van der Waals surface area contributed by atoms with E-state index in [-0.39, 0.29) is 5.56 Å². The first-order valence-electron chi connectivity index (χ1n) is 5.89. The Hall–Kier alpha value is -0.680. The zero-order valence-electron chi connectivity index (χ0n) is 10.5. The Balaban J connectivity index is 2.82. The predicted molar refractivity (Wildman–Crippen MR) is 70.6 cm³/mol. The summed E-state index contributed by atoms with van der Waals surface area (Å²) in [7, 11) is 0. The average molecular weight is 277 g/mol. The van der Waals surface area contributed by atoms with E-state index in [0.717, 1.165) is 12.5 Å². The van der Waals surface area contributed by atoms with Gasteiger partial charge in [0.15, 0.2) is 0 Å². The Kier molecular flexibility index (Phi) is 5.53. The first kappa shape index (κ1) is 15.4. The van der Waals surface area contributed by atoms with Gasteiger partial charge in [-0.15, -0.1) is 0 Å². The summed E-state index contributed by atoms with van der Waals surface area (Å²) in [5.41, 5.74) is 5.43. The lowest BCUT2D eigenvalue weighted by molar-refractivity contribution is -0.138. The molecule has 0 aromatic heterocycles. The molecule has 2 unspecified atom stereocenters. The standard InChI is InChI=1S/C13H18F3NS/c1-3-9(2)18-8-12(17)10-6-4-5-7-11(10)13(14,15)16/h4-7,9,12H,3,8,17H2,1-2H3. The number of alkyl halides is 3. The van der Waals surface area contributed by atoms with Crippen molar-refractivity contribution in [2.75, 3.05) is 5.75 Å². The second-order valence-electron chi connectivity index (χ2n) is 4.24. The minimum Gasteiger partial charge on any atom is -0.323 e. The van der Waals surface area contributed by atoms with Crippen molar-refractivity contribution in [2.45, 2.75) is 37.7 Å². The molecule has 18 heavy (non-hydrogen) atoms. The van der Waals surface area contributed by atoms with E-state index in [1.807, 2.05) is 13.8 Å². The molecule has 1 aromatic rings.